The molecule has 0 saturated heterocycles. The van der Waals surface area contributed by atoms with E-state index in [1.54, 1.807) is 17.5 Å². The summed E-state index contributed by atoms with van der Waals surface area (Å²) in [5, 5.41) is 13.9. The van der Waals surface area contributed by atoms with Gasteiger partial charge in [0.1, 0.15) is 11.6 Å². The minimum absolute atomic E-state index is 0.0364. The maximum Gasteiger partial charge on any atom is 0.131 e. The summed E-state index contributed by atoms with van der Waals surface area (Å²) in [5.41, 5.74) is -0.298. The number of aliphatic hydroxyl groups is 1. The van der Waals surface area contributed by atoms with Gasteiger partial charge in [-0.1, -0.05) is 6.07 Å². The maximum absolute atomic E-state index is 13.5. The second-order valence-electron chi connectivity index (χ2n) is 4.56. The summed E-state index contributed by atoms with van der Waals surface area (Å²) in [6.45, 7) is 3.89. The predicted molar refractivity (Wildman–Crippen MR) is 74.6 cm³/mol. The van der Waals surface area contributed by atoms with Gasteiger partial charge in [0.25, 0.3) is 0 Å². The Balaban J connectivity index is 2.00. The fraction of sp³-hybridized carbons (Fsp3) is 0.357. The van der Waals surface area contributed by atoms with E-state index in [0.29, 0.717) is 0 Å². The Labute approximate surface area is 120 Å². The summed E-state index contributed by atoms with van der Waals surface area (Å²) >= 11 is 1.55. The average molecular weight is 298 g/mol. The standard InChI is InChI=1S/C14H16F2N2OS/c1-8(13-7-18-9(2)20-13)17-6-12(19)14-10(15)4-3-5-11(14)16/h3-5,7-8,12,17,19H,6H2,1-2H3. The zero-order valence-electron chi connectivity index (χ0n) is 11.2. The minimum atomic E-state index is -1.23. The van der Waals surface area contributed by atoms with E-state index in [1.807, 2.05) is 13.8 Å². The van der Waals surface area contributed by atoms with E-state index in [-0.39, 0.29) is 18.2 Å². The lowest BCUT2D eigenvalue weighted by molar-refractivity contribution is 0.161. The van der Waals surface area contributed by atoms with Gasteiger partial charge in [0.2, 0.25) is 0 Å². The van der Waals surface area contributed by atoms with Crippen molar-refractivity contribution in [2.45, 2.75) is 26.0 Å². The van der Waals surface area contributed by atoms with Crippen LogP contribution in [0.25, 0.3) is 0 Å². The molecule has 0 fully saturated rings. The molecule has 0 saturated carbocycles. The lowest BCUT2D eigenvalue weighted by atomic mass is 10.1. The number of nitrogens with zero attached hydrogens (tertiary/aromatic N) is 1. The molecule has 6 heteroatoms. The molecule has 0 radical (unpaired) electrons. The van der Waals surface area contributed by atoms with Crippen molar-refractivity contribution < 1.29 is 13.9 Å². The van der Waals surface area contributed by atoms with Gasteiger partial charge in [0, 0.05) is 23.7 Å². The molecule has 108 valence electrons. The van der Waals surface area contributed by atoms with Gasteiger partial charge in [-0.15, -0.1) is 11.3 Å². The van der Waals surface area contributed by atoms with Crippen molar-refractivity contribution in [2.75, 3.05) is 6.54 Å². The molecule has 2 atom stereocenters. The van der Waals surface area contributed by atoms with Crippen LogP contribution in [0, 0.1) is 18.6 Å². The number of thiazole rings is 1. The van der Waals surface area contributed by atoms with Crippen LogP contribution in [0.5, 0.6) is 0 Å². The minimum Gasteiger partial charge on any atom is -0.387 e. The quantitative estimate of drug-likeness (QED) is 0.891. The number of hydrogen-bond acceptors (Lipinski definition) is 4. The van der Waals surface area contributed by atoms with Crippen LogP contribution in [0.4, 0.5) is 8.78 Å². The predicted octanol–water partition coefficient (Wildman–Crippen LogP) is 3.11. The summed E-state index contributed by atoms with van der Waals surface area (Å²) in [4.78, 5) is 5.16. The Hall–Kier alpha value is -1.37. The first-order valence-corrected chi connectivity index (χ1v) is 7.08. The molecule has 0 aliphatic rings. The number of rotatable bonds is 5. The Morgan fingerprint density at radius 3 is 2.55 bits per heavy atom. The summed E-state index contributed by atoms with van der Waals surface area (Å²) in [5.74, 6) is -1.47. The third-order valence-electron chi connectivity index (χ3n) is 3.02. The molecule has 2 rings (SSSR count). The van der Waals surface area contributed by atoms with Crippen molar-refractivity contribution in [3.05, 3.63) is 51.5 Å². The molecule has 1 heterocycles. The summed E-state index contributed by atoms with van der Waals surface area (Å²) in [7, 11) is 0. The summed E-state index contributed by atoms with van der Waals surface area (Å²) < 4.78 is 27.0. The Morgan fingerprint density at radius 1 is 1.35 bits per heavy atom. The van der Waals surface area contributed by atoms with Crippen LogP contribution in [-0.2, 0) is 0 Å². The average Bonchev–Trinajstić information content (AvgIpc) is 2.82. The van der Waals surface area contributed by atoms with Gasteiger partial charge in [-0.3, -0.25) is 0 Å². The molecule has 1 aromatic carbocycles. The van der Waals surface area contributed by atoms with Crippen molar-refractivity contribution in [3.63, 3.8) is 0 Å². The molecule has 2 aromatic rings. The van der Waals surface area contributed by atoms with Crippen molar-refractivity contribution in [3.8, 4) is 0 Å². The highest BCUT2D eigenvalue weighted by Crippen LogP contribution is 2.23. The highest BCUT2D eigenvalue weighted by Gasteiger charge is 2.18. The second kappa shape index (κ2) is 6.39. The van der Waals surface area contributed by atoms with Gasteiger partial charge >= 0.3 is 0 Å². The van der Waals surface area contributed by atoms with E-state index in [4.69, 9.17) is 0 Å². The lowest BCUT2D eigenvalue weighted by Gasteiger charge is -2.17. The van der Waals surface area contributed by atoms with E-state index in [2.05, 4.69) is 10.3 Å². The molecule has 0 aliphatic carbocycles. The topological polar surface area (TPSA) is 45.2 Å². The molecule has 0 aliphatic heterocycles. The van der Waals surface area contributed by atoms with Crippen LogP contribution in [0.3, 0.4) is 0 Å². The van der Waals surface area contributed by atoms with Crippen molar-refractivity contribution in [1.82, 2.24) is 10.3 Å². The van der Waals surface area contributed by atoms with Gasteiger partial charge in [-0.25, -0.2) is 13.8 Å². The van der Waals surface area contributed by atoms with Crippen molar-refractivity contribution in [2.24, 2.45) is 0 Å². The fourth-order valence-electron chi connectivity index (χ4n) is 1.90. The molecule has 0 amide bonds. The monoisotopic (exact) mass is 298 g/mol. The number of aryl methyl sites for hydroxylation is 1. The molecular weight excluding hydrogens is 282 g/mol. The second-order valence-corrected chi connectivity index (χ2v) is 5.83. The van der Waals surface area contributed by atoms with Crippen LogP contribution in [0.2, 0.25) is 0 Å². The van der Waals surface area contributed by atoms with Crippen LogP contribution in [0.1, 0.15) is 34.5 Å². The number of nitrogens with one attached hydrogen (secondary N) is 1. The molecule has 2 unspecified atom stereocenters. The van der Waals surface area contributed by atoms with E-state index in [9.17, 15) is 13.9 Å². The van der Waals surface area contributed by atoms with Crippen LogP contribution in [0.15, 0.2) is 24.4 Å². The summed E-state index contributed by atoms with van der Waals surface area (Å²) in [6.07, 6.45) is 0.529. The van der Waals surface area contributed by atoms with Gasteiger partial charge in [0.15, 0.2) is 0 Å². The number of aliphatic hydroxyl groups excluding tert-OH is 1. The maximum atomic E-state index is 13.5. The van der Waals surface area contributed by atoms with E-state index < -0.39 is 17.7 Å². The SMILES string of the molecule is Cc1ncc(C(C)NCC(O)c2c(F)cccc2F)s1. The first-order chi connectivity index (χ1) is 9.49. The lowest BCUT2D eigenvalue weighted by Crippen LogP contribution is -2.25. The van der Waals surface area contributed by atoms with Gasteiger partial charge in [0.05, 0.1) is 16.7 Å². The van der Waals surface area contributed by atoms with E-state index >= 15 is 0 Å². The van der Waals surface area contributed by atoms with Crippen LogP contribution in [-0.4, -0.2) is 16.6 Å². The number of hydrogen-bond donors (Lipinski definition) is 2. The highest BCUT2D eigenvalue weighted by molar-refractivity contribution is 7.11. The van der Waals surface area contributed by atoms with Gasteiger partial charge in [-0.05, 0) is 26.0 Å². The van der Waals surface area contributed by atoms with Gasteiger partial charge < -0.3 is 10.4 Å². The van der Waals surface area contributed by atoms with Crippen molar-refractivity contribution in [1.29, 1.82) is 0 Å². The zero-order chi connectivity index (χ0) is 14.7. The molecule has 2 N–H and O–H groups in total. The van der Waals surface area contributed by atoms with Crippen LogP contribution >= 0.6 is 11.3 Å². The zero-order valence-corrected chi connectivity index (χ0v) is 12.0. The van der Waals surface area contributed by atoms with E-state index in [0.717, 1.165) is 22.0 Å². The Bertz CT molecular complexity index is 568. The first-order valence-electron chi connectivity index (χ1n) is 6.26. The number of aromatic nitrogens is 1. The third kappa shape index (κ3) is 3.39. The molecular formula is C14H16F2N2OS. The summed E-state index contributed by atoms with van der Waals surface area (Å²) in [6, 6.07) is 3.51. The Morgan fingerprint density at radius 2 is 2.00 bits per heavy atom. The first kappa shape index (κ1) is 15.0. The fourth-order valence-corrected chi connectivity index (χ4v) is 2.71. The smallest absolute Gasteiger partial charge is 0.131 e. The van der Waals surface area contributed by atoms with Crippen LogP contribution < -0.4 is 5.32 Å². The third-order valence-corrected chi connectivity index (χ3v) is 4.11. The number of benzene rings is 1. The number of halogens is 2. The molecule has 0 spiro atoms. The van der Waals surface area contributed by atoms with E-state index in [1.165, 1.54) is 6.07 Å². The Kier molecular flexibility index (Phi) is 4.80. The molecule has 20 heavy (non-hydrogen) atoms. The van der Waals surface area contributed by atoms with Gasteiger partial charge in [-0.2, -0.15) is 0 Å². The highest BCUT2D eigenvalue weighted by atomic mass is 32.1. The normalized spacial score (nSPS) is 14.2. The molecule has 0 bridgehead atoms. The van der Waals surface area contributed by atoms with Crippen molar-refractivity contribution >= 4 is 11.3 Å². The largest absolute Gasteiger partial charge is 0.387 e. The molecule has 1 aromatic heterocycles. The molecule has 3 nitrogen and oxygen atoms in total.